The number of thioether (sulfide) groups is 1. The molecular formula is C21H18FN3O2S. The molecule has 142 valence electrons. The van der Waals surface area contributed by atoms with Gasteiger partial charge < -0.3 is 8.98 Å². The van der Waals surface area contributed by atoms with Crippen molar-refractivity contribution in [3.8, 4) is 11.4 Å². The fourth-order valence-corrected chi connectivity index (χ4v) is 3.96. The van der Waals surface area contributed by atoms with Crippen molar-refractivity contribution in [3.63, 3.8) is 0 Å². The summed E-state index contributed by atoms with van der Waals surface area (Å²) in [5.41, 5.74) is 3.68. The van der Waals surface area contributed by atoms with E-state index in [0.29, 0.717) is 27.9 Å². The van der Waals surface area contributed by atoms with Gasteiger partial charge in [0.2, 0.25) is 0 Å². The van der Waals surface area contributed by atoms with Crippen LogP contribution in [0.3, 0.4) is 0 Å². The van der Waals surface area contributed by atoms with Gasteiger partial charge in [-0.15, -0.1) is 10.2 Å². The minimum atomic E-state index is -0.378. The largest absolute Gasteiger partial charge is 0.423 e. The topological polar surface area (TPSA) is 60.9 Å². The molecule has 4 aromatic rings. The second-order valence-electron chi connectivity index (χ2n) is 6.66. The third kappa shape index (κ3) is 3.33. The fourth-order valence-electron chi connectivity index (χ4n) is 3.06. The Labute approximate surface area is 165 Å². The van der Waals surface area contributed by atoms with Gasteiger partial charge in [-0.05, 0) is 54.8 Å². The molecule has 2 heterocycles. The van der Waals surface area contributed by atoms with E-state index in [9.17, 15) is 9.18 Å². The number of rotatable bonds is 4. The highest BCUT2D eigenvalue weighted by Gasteiger charge is 2.15. The summed E-state index contributed by atoms with van der Waals surface area (Å²) in [4.78, 5) is 12.0. The van der Waals surface area contributed by atoms with Crippen LogP contribution in [0.15, 0.2) is 56.8 Å². The molecule has 0 bridgehead atoms. The Morgan fingerprint density at radius 1 is 1.11 bits per heavy atom. The summed E-state index contributed by atoms with van der Waals surface area (Å²) in [5.74, 6) is 0.643. The number of hydrogen-bond donors (Lipinski definition) is 0. The molecule has 4 rings (SSSR count). The van der Waals surface area contributed by atoms with Crippen LogP contribution in [0.4, 0.5) is 4.39 Å². The second kappa shape index (κ2) is 7.24. The molecule has 0 aliphatic rings. The molecule has 0 aliphatic carbocycles. The summed E-state index contributed by atoms with van der Waals surface area (Å²) in [6.07, 6.45) is 0. The molecule has 0 saturated carbocycles. The highest BCUT2D eigenvalue weighted by Crippen LogP contribution is 2.29. The maximum absolute atomic E-state index is 14.1. The molecule has 5 nitrogen and oxygen atoms in total. The molecule has 0 spiro atoms. The lowest BCUT2D eigenvalue weighted by Gasteiger charge is -2.08. The van der Waals surface area contributed by atoms with Crippen LogP contribution < -0.4 is 5.63 Å². The molecule has 0 fully saturated rings. The summed E-state index contributed by atoms with van der Waals surface area (Å²) in [6.45, 7) is 4.01. The van der Waals surface area contributed by atoms with E-state index in [1.54, 1.807) is 29.8 Å². The average Bonchev–Trinajstić information content (AvgIpc) is 3.02. The van der Waals surface area contributed by atoms with Gasteiger partial charge in [-0.2, -0.15) is 0 Å². The smallest absolute Gasteiger partial charge is 0.336 e. The van der Waals surface area contributed by atoms with Gasteiger partial charge in [0, 0.05) is 24.3 Å². The first kappa shape index (κ1) is 18.4. The van der Waals surface area contributed by atoms with Crippen molar-refractivity contribution >= 4 is 22.7 Å². The van der Waals surface area contributed by atoms with E-state index in [1.165, 1.54) is 23.9 Å². The molecule has 0 aliphatic heterocycles. The van der Waals surface area contributed by atoms with E-state index < -0.39 is 0 Å². The van der Waals surface area contributed by atoms with Crippen molar-refractivity contribution in [1.29, 1.82) is 0 Å². The van der Waals surface area contributed by atoms with Crippen LogP contribution in [0, 0.1) is 19.7 Å². The summed E-state index contributed by atoms with van der Waals surface area (Å²) in [6, 6.07) is 11.9. The maximum Gasteiger partial charge on any atom is 0.336 e. The summed E-state index contributed by atoms with van der Waals surface area (Å²) in [7, 11) is 1.80. The van der Waals surface area contributed by atoms with Crippen molar-refractivity contribution in [1.82, 2.24) is 14.8 Å². The fraction of sp³-hybridized carbons (Fsp3) is 0.190. The molecule has 0 amide bonds. The first-order valence-electron chi connectivity index (χ1n) is 8.75. The van der Waals surface area contributed by atoms with E-state index in [1.807, 2.05) is 26.0 Å². The Hall–Kier alpha value is -2.93. The molecule has 2 aromatic carbocycles. The summed E-state index contributed by atoms with van der Waals surface area (Å²) < 4.78 is 21.2. The monoisotopic (exact) mass is 395 g/mol. The van der Waals surface area contributed by atoms with Crippen LogP contribution in [-0.2, 0) is 12.8 Å². The number of aryl methyl sites for hydroxylation is 2. The van der Waals surface area contributed by atoms with E-state index in [0.717, 1.165) is 22.1 Å². The minimum absolute atomic E-state index is 0.341. The Kier molecular flexibility index (Phi) is 4.77. The van der Waals surface area contributed by atoms with E-state index in [-0.39, 0.29) is 11.4 Å². The second-order valence-corrected chi connectivity index (χ2v) is 7.60. The van der Waals surface area contributed by atoms with Gasteiger partial charge in [-0.25, -0.2) is 9.18 Å². The zero-order valence-corrected chi connectivity index (χ0v) is 16.5. The van der Waals surface area contributed by atoms with E-state index in [2.05, 4.69) is 10.2 Å². The lowest BCUT2D eigenvalue weighted by atomic mass is 10.0. The lowest BCUT2D eigenvalue weighted by Crippen LogP contribution is -2.01. The Bertz CT molecular complexity index is 1250. The molecule has 0 N–H and O–H groups in total. The zero-order chi connectivity index (χ0) is 19.8. The number of aromatic nitrogens is 3. The summed E-state index contributed by atoms with van der Waals surface area (Å²) in [5, 5.41) is 9.88. The third-order valence-electron chi connectivity index (χ3n) is 4.75. The highest BCUT2D eigenvalue weighted by molar-refractivity contribution is 7.98. The van der Waals surface area contributed by atoms with Gasteiger partial charge in [-0.3, -0.25) is 0 Å². The van der Waals surface area contributed by atoms with E-state index in [4.69, 9.17) is 4.42 Å². The molecule has 28 heavy (non-hydrogen) atoms. The summed E-state index contributed by atoms with van der Waals surface area (Å²) >= 11 is 1.44. The standard InChI is InChI=1S/C21H18FN3O2S/c1-12-8-16-14(10-19(26)27-18(16)9-13(12)2)11-28-21-24-23-20(25(21)3)15-6-4-5-7-17(15)22/h4-10H,11H2,1-3H3. The van der Waals surface area contributed by atoms with Gasteiger partial charge in [0.15, 0.2) is 11.0 Å². The maximum atomic E-state index is 14.1. The van der Waals surface area contributed by atoms with Crippen molar-refractivity contribution in [2.24, 2.45) is 7.05 Å². The Morgan fingerprint density at radius 2 is 1.86 bits per heavy atom. The molecule has 0 unspecified atom stereocenters. The van der Waals surface area contributed by atoms with Gasteiger partial charge in [-0.1, -0.05) is 23.9 Å². The quantitative estimate of drug-likeness (QED) is 0.372. The van der Waals surface area contributed by atoms with Gasteiger partial charge in [0.25, 0.3) is 0 Å². The van der Waals surface area contributed by atoms with Gasteiger partial charge in [0.05, 0.1) is 5.56 Å². The van der Waals surface area contributed by atoms with Crippen molar-refractivity contribution in [2.45, 2.75) is 24.8 Å². The van der Waals surface area contributed by atoms with Crippen LogP contribution in [0.25, 0.3) is 22.4 Å². The first-order chi connectivity index (χ1) is 13.4. The van der Waals surface area contributed by atoms with Crippen molar-refractivity contribution < 1.29 is 8.81 Å². The highest BCUT2D eigenvalue weighted by atomic mass is 32.2. The minimum Gasteiger partial charge on any atom is -0.423 e. The predicted octanol–water partition coefficient (Wildman–Crippen LogP) is 4.64. The normalized spacial score (nSPS) is 11.3. The Balaban J connectivity index is 1.67. The predicted molar refractivity (Wildman–Crippen MR) is 108 cm³/mol. The molecule has 0 radical (unpaired) electrons. The molecule has 7 heteroatoms. The van der Waals surface area contributed by atoms with E-state index >= 15 is 0 Å². The third-order valence-corrected chi connectivity index (χ3v) is 5.82. The SMILES string of the molecule is Cc1cc2oc(=O)cc(CSc3nnc(-c4ccccc4F)n3C)c2cc1C. The van der Waals surface area contributed by atoms with Crippen LogP contribution in [-0.4, -0.2) is 14.8 Å². The number of halogens is 1. The molecule has 2 aromatic heterocycles. The first-order valence-corrected chi connectivity index (χ1v) is 9.73. The number of nitrogens with zero attached hydrogens (tertiary/aromatic N) is 3. The Morgan fingerprint density at radius 3 is 2.64 bits per heavy atom. The molecular weight excluding hydrogens is 377 g/mol. The van der Waals surface area contributed by atoms with Crippen molar-refractivity contribution in [3.05, 3.63) is 75.4 Å². The van der Waals surface area contributed by atoms with Crippen LogP contribution in [0.5, 0.6) is 0 Å². The van der Waals surface area contributed by atoms with Crippen LogP contribution in [0.2, 0.25) is 0 Å². The van der Waals surface area contributed by atoms with Crippen LogP contribution >= 0.6 is 11.8 Å². The molecule has 0 saturated heterocycles. The number of fused-ring (bicyclic) bond motifs is 1. The van der Waals surface area contributed by atoms with Gasteiger partial charge >= 0.3 is 5.63 Å². The molecule has 0 atom stereocenters. The lowest BCUT2D eigenvalue weighted by molar-refractivity contribution is 0.559. The average molecular weight is 395 g/mol. The van der Waals surface area contributed by atoms with Gasteiger partial charge in [0.1, 0.15) is 11.4 Å². The zero-order valence-electron chi connectivity index (χ0n) is 15.7. The number of benzene rings is 2. The van der Waals surface area contributed by atoms with Crippen LogP contribution in [0.1, 0.15) is 16.7 Å². The number of hydrogen-bond acceptors (Lipinski definition) is 5. The van der Waals surface area contributed by atoms with Crippen molar-refractivity contribution in [2.75, 3.05) is 0 Å².